The Hall–Kier alpha value is -2.34. The number of carboxylic acids is 1. The number of benzene rings is 2. The molecule has 0 saturated carbocycles. The van der Waals surface area contributed by atoms with Crippen LogP contribution in [0.2, 0.25) is 0 Å². The van der Waals surface area contributed by atoms with Gasteiger partial charge in [0, 0.05) is 13.1 Å². The summed E-state index contributed by atoms with van der Waals surface area (Å²) in [4.78, 5) is 13.7. The van der Waals surface area contributed by atoms with Crippen LogP contribution in [0.25, 0.3) is 0 Å². The summed E-state index contributed by atoms with van der Waals surface area (Å²) >= 11 is 0. The molecule has 144 valence electrons. The van der Waals surface area contributed by atoms with Crippen LogP contribution in [-0.2, 0) is 9.84 Å². The lowest BCUT2D eigenvalue weighted by Crippen LogP contribution is -2.31. The van der Waals surface area contributed by atoms with E-state index in [2.05, 4.69) is 4.90 Å². The Morgan fingerprint density at radius 2 is 1.74 bits per heavy atom. The molecule has 0 bridgehead atoms. The Morgan fingerprint density at radius 3 is 2.33 bits per heavy atom. The minimum atomic E-state index is -3.75. The zero-order valence-corrected chi connectivity index (χ0v) is 16.3. The minimum Gasteiger partial charge on any atom is -0.478 e. The zero-order valence-electron chi connectivity index (χ0n) is 15.5. The van der Waals surface area contributed by atoms with E-state index >= 15 is 0 Å². The molecular weight excluding hydrogens is 362 g/mol. The molecule has 1 fully saturated rings. The van der Waals surface area contributed by atoms with E-state index in [1.54, 1.807) is 6.07 Å². The van der Waals surface area contributed by atoms with Crippen molar-refractivity contribution in [2.45, 2.75) is 42.8 Å². The number of anilines is 1. The van der Waals surface area contributed by atoms with E-state index < -0.39 is 21.1 Å². The van der Waals surface area contributed by atoms with Gasteiger partial charge in [-0.3, -0.25) is 0 Å². The Kier molecular flexibility index (Phi) is 5.85. The third-order valence-electron chi connectivity index (χ3n) is 5.13. The average Bonchev–Trinajstić information content (AvgIpc) is 2.69. The number of aromatic carboxylic acids is 1. The highest BCUT2D eigenvalue weighted by atomic mass is 32.2. The Balaban J connectivity index is 2.14. The summed E-state index contributed by atoms with van der Waals surface area (Å²) in [5.74, 6) is -1.12. The van der Waals surface area contributed by atoms with Crippen molar-refractivity contribution in [2.24, 2.45) is 0 Å². The normalized spacial score (nSPS) is 16.1. The summed E-state index contributed by atoms with van der Waals surface area (Å²) < 4.78 is 27.2. The molecule has 5 nitrogen and oxygen atoms in total. The number of piperidine rings is 1. The molecule has 1 aliphatic rings. The van der Waals surface area contributed by atoms with Crippen molar-refractivity contribution in [3.63, 3.8) is 0 Å². The molecule has 0 aromatic heterocycles. The van der Waals surface area contributed by atoms with Crippen LogP contribution < -0.4 is 4.90 Å². The first-order chi connectivity index (χ1) is 12.9. The van der Waals surface area contributed by atoms with Gasteiger partial charge < -0.3 is 10.0 Å². The summed E-state index contributed by atoms with van der Waals surface area (Å²) in [6.07, 6.45) is 3.57. The predicted molar refractivity (Wildman–Crippen MR) is 106 cm³/mol. The smallest absolute Gasteiger partial charge is 0.335 e. The first-order valence-electron chi connectivity index (χ1n) is 9.36. The van der Waals surface area contributed by atoms with Crippen LogP contribution in [0, 0.1) is 0 Å². The molecular formula is C21H25NO4S. The number of hydrogen-bond acceptors (Lipinski definition) is 4. The quantitative estimate of drug-likeness (QED) is 0.800. The predicted octanol–water partition coefficient (Wildman–Crippen LogP) is 4.30. The summed E-state index contributed by atoms with van der Waals surface area (Å²) in [6.45, 7) is 3.42. The van der Waals surface area contributed by atoms with Gasteiger partial charge in [-0.2, -0.15) is 0 Å². The number of rotatable bonds is 6. The van der Waals surface area contributed by atoms with E-state index in [0.717, 1.165) is 37.9 Å². The van der Waals surface area contributed by atoms with E-state index in [0.29, 0.717) is 12.1 Å². The Morgan fingerprint density at radius 1 is 1.07 bits per heavy atom. The molecule has 2 aromatic carbocycles. The van der Waals surface area contributed by atoms with Crippen LogP contribution in [0.4, 0.5) is 5.69 Å². The van der Waals surface area contributed by atoms with Gasteiger partial charge in [-0.05, 0) is 49.4 Å². The minimum absolute atomic E-state index is 0.00255. The fourth-order valence-electron chi connectivity index (χ4n) is 3.73. The first kappa shape index (κ1) is 19.4. The summed E-state index contributed by atoms with van der Waals surface area (Å²) in [5.41, 5.74) is 1.34. The molecule has 0 spiro atoms. The third kappa shape index (κ3) is 4.00. The number of carboxylic acid groups (broad SMARTS) is 1. The maximum absolute atomic E-state index is 13.6. The van der Waals surface area contributed by atoms with Gasteiger partial charge in [-0.1, -0.05) is 37.3 Å². The summed E-state index contributed by atoms with van der Waals surface area (Å²) in [6, 6.07) is 13.6. The zero-order chi connectivity index (χ0) is 19.4. The van der Waals surface area contributed by atoms with E-state index in [1.807, 2.05) is 37.3 Å². The van der Waals surface area contributed by atoms with E-state index in [9.17, 15) is 18.3 Å². The van der Waals surface area contributed by atoms with Crippen LogP contribution in [-0.4, -0.2) is 32.6 Å². The maximum Gasteiger partial charge on any atom is 0.335 e. The second-order valence-electron chi connectivity index (χ2n) is 6.89. The van der Waals surface area contributed by atoms with Gasteiger partial charge in [0.25, 0.3) is 0 Å². The monoisotopic (exact) mass is 387 g/mol. The van der Waals surface area contributed by atoms with Crippen molar-refractivity contribution in [1.82, 2.24) is 0 Å². The molecule has 1 unspecified atom stereocenters. The fourth-order valence-corrected chi connectivity index (χ4v) is 5.77. The molecule has 1 atom stereocenters. The molecule has 0 aliphatic carbocycles. The maximum atomic E-state index is 13.6. The van der Waals surface area contributed by atoms with Crippen molar-refractivity contribution in [3.8, 4) is 0 Å². The number of hydrogen-bond donors (Lipinski definition) is 1. The second kappa shape index (κ2) is 8.13. The van der Waals surface area contributed by atoms with Gasteiger partial charge in [0.1, 0.15) is 0 Å². The fraction of sp³-hybridized carbons (Fsp3) is 0.381. The lowest BCUT2D eigenvalue weighted by molar-refractivity contribution is 0.0696. The lowest BCUT2D eigenvalue weighted by Gasteiger charge is -2.31. The van der Waals surface area contributed by atoms with Crippen molar-refractivity contribution in [1.29, 1.82) is 0 Å². The van der Waals surface area contributed by atoms with Gasteiger partial charge in [-0.15, -0.1) is 0 Å². The van der Waals surface area contributed by atoms with Crippen LogP contribution in [0.3, 0.4) is 0 Å². The molecule has 0 amide bonds. The molecule has 2 aromatic rings. The van der Waals surface area contributed by atoms with Crippen LogP contribution in [0.15, 0.2) is 53.4 Å². The SMILES string of the molecule is CCC(c1ccccc1)S(=O)(=O)c1cc(C(=O)O)ccc1N1CCCCC1. The van der Waals surface area contributed by atoms with Gasteiger partial charge in [0.15, 0.2) is 9.84 Å². The molecule has 6 heteroatoms. The number of carbonyl (C=O) groups is 1. The summed E-state index contributed by atoms with van der Waals surface area (Å²) in [7, 11) is -3.75. The number of sulfone groups is 1. The second-order valence-corrected chi connectivity index (χ2v) is 8.99. The van der Waals surface area contributed by atoms with Gasteiger partial charge >= 0.3 is 5.97 Å². The highest BCUT2D eigenvalue weighted by Gasteiger charge is 2.32. The molecule has 1 aliphatic heterocycles. The Labute approximate surface area is 160 Å². The topological polar surface area (TPSA) is 74.7 Å². The van der Waals surface area contributed by atoms with Gasteiger partial charge in [-0.25, -0.2) is 13.2 Å². The van der Waals surface area contributed by atoms with Crippen LogP contribution >= 0.6 is 0 Å². The standard InChI is InChI=1S/C21H25NO4S/c1-2-19(16-9-5-3-6-10-16)27(25,26)20-15-17(21(23)24)11-12-18(20)22-13-7-4-8-14-22/h3,5-6,9-12,15,19H,2,4,7-8,13-14H2,1H3,(H,23,24). The van der Waals surface area contributed by atoms with Crippen molar-refractivity contribution in [2.75, 3.05) is 18.0 Å². The highest BCUT2D eigenvalue weighted by Crippen LogP contribution is 2.38. The van der Waals surface area contributed by atoms with Crippen LogP contribution in [0.5, 0.6) is 0 Å². The third-order valence-corrected chi connectivity index (χ3v) is 7.42. The molecule has 0 radical (unpaired) electrons. The summed E-state index contributed by atoms with van der Waals surface area (Å²) in [5, 5.41) is 8.68. The molecule has 27 heavy (non-hydrogen) atoms. The van der Waals surface area contributed by atoms with E-state index in [1.165, 1.54) is 12.1 Å². The highest BCUT2D eigenvalue weighted by molar-refractivity contribution is 7.91. The molecule has 1 heterocycles. The molecule has 1 N–H and O–H groups in total. The van der Waals surface area contributed by atoms with Crippen molar-refractivity contribution < 1.29 is 18.3 Å². The lowest BCUT2D eigenvalue weighted by atomic mass is 10.1. The largest absolute Gasteiger partial charge is 0.478 e. The van der Waals surface area contributed by atoms with E-state index in [4.69, 9.17) is 0 Å². The van der Waals surface area contributed by atoms with Crippen molar-refractivity contribution >= 4 is 21.5 Å². The number of nitrogens with zero attached hydrogens (tertiary/aromatic N) is 1. The van der Waals surface area contributed by atoms with Gasteiger partial charge in [0.05, 0.1) is 21.4 Å². The average molecular weight is 388 g/mol. The Bertz CT molecular complexity index is 903. The van der Waals surface area contributed by atoms with Gasteiger partial charge in [0.2, 0.25) is 0 Å². The molecule has 3 rings (SSSR count). The van der Waals surface area contributed by atoms with Crippen molar-refractivity contribution in [3.05, 3.63) is 59.7 Å². The van der Waals surface area contributed by atoms with Crippen LogP contribution in [0.1, 0.15) is 53.8 Å². The first-order valence-corrected chi connectivity index (χ1v) is 10.9. The molecule has 1 saturated heterocycles. The van der Waals surface area contributed by atoms with E-state index in [-0.39, 0.29) is 10.5 Å².